The van der Waals surface area contributed by atoms with E-state index in [1.165, 1.54) is 12.1 Å². The predicted molar refractivity (Wildman–Crippen MR) is 66.5 cm³/mol. The quantitative estimate of drug-likeness (QED) is 0.897. The van der Waals surface area contributed by atoms with Gasteiger partial charge in [-0.3, -0.25) is 0 Å². The first-order chi connectivity index (χ1) is 8.59. The van der Waals surface area contributed by atoms with E-state index in [1.807, 2.05) is 0 Å². The molecule has 2 atom stereocenters. The number of rotatable bonds is 4. The second-order valence-electron chi connectivity index (χ2n) is 4.87. The van der Waals surface area contributed by atoms with Crippen LogP contribution in [0.25, 0.3) is 0 Å². The molecule has 2 nitrogen and oxygen atoms in total. The Balaban J connectivity index is 1.92. The Kier molecular flexibility index (Phi) is 4.30. The standard InChI is InChI=1S/C14H19F2NO/c15-14(16,11-6-2-1-3-7-11)10-18-13-9-5-4-8-12(13)17/h1-3,6-7,12-13H,4-5,8-10,17H2. The van der Waals surface area contributed by atoms with Crippen LogP contribution in [0, 0.1) is 0 Å². The molecule has 1 aliphatic rings. The lowest BCUT2D eigenvalue weighted by Crippen LogP contribution is -2.41. The van der Waals surface area contributed by atoms with Crippen molar-refractivity contribution in [2.24, 2.45) is 5.73 Å². The maximum atomic E-state index is 13.9. The molecule has 0 aliphatic heterocycles. The van der Waals surface area contributed by atoms with Crippen molar-refractivity contribution in [2.75, 3.05) is 6.61 Å². The van der Waals surface area contributed by atoms with Gasteiger partial charge in [-0.1, -0.05) is 43.2 Å². The zero-order valence-electron chi connectivity index (χ0n) is 10.3. The molecule has 18 heavy (non-hydrogen) atoms. The first-order valence-electron chi connectivity index (χ1n) is 6.40. The van der Waals surface area contributed by atoms with Crippen LogP contribution in [0.1, 0.15) is 31.2 Å². The van der Waals surface area contributed by atoms with Crippen LogP contribution in [-0.2, 0) is 10.7 Å². The third-order valence-corrected chi connectivity index (χ3v) is 3.43. The Labute approximate surface area is 106 Å². The van der Waals surface area contributed by atoms with Gasteiger partial charge in [0.15, 0.2) is 0 Å². The Hall–Kier alpha value is -1.00. The zero-order valence-corrected chi connectivity index (χ0v) is 10.3. The first-order valence-corrected chi connectivity index (χ1v) is 6.40. The summed E-state index contributed by atoms with van der Waals surface area (Å²) in [6, 6.07) is 7.67. The highest BCUT2D eigenvalue weighted by molar-refractivity contribution is 5.19. The van der Waals surface area contributed by atoms with Gasteiger partial charge in [-0.25, -0.2) is 0 Å². The highest BCUT2D eigenvalue weighted by Gasteiger charge is 2.34. The summed E-state index contributed by atoms with van der Waals surface area (Å²) in [5.74, 6) is -2.95. The van der Waals surface area contributed by atoms with Crippen LogP contribution in [0.4, 0.5) is 8.78 Å². The van der Waals surface area contributed by atoms with Gasteiger partial charge < -0.3 is 10.5 Å². The molecule has 0 saturated heterocycles. The predicted octanol–water partition coefficient (Wildman–Crippen LogP) is 3.06. The average molecular weight is 255 g/mol. The summed E-state index contributed by atoms with van der Waals surface area (Å²) in [5.41, 5.74) is 5.87. The Bertz CT molecular complexity index is 369. The summed E-state index contributed by atoms with van der Waals surface area (Å²) in [4.78, 5) is 0. The molecule has 1 aliphatic carbocycles. The van der Waals surface area contributed by atoms with E-state index in [0.29, 0.717) is 0 Å². The molecule has 1 saturated carbocycles. The topological polar surface area (TPSA) is 35.2 Å². The van der Waals surface area contributed by atoms with E-state index in [0.717, 1.165) is 25.7 Å². The van der Waals surface area contributed by atoms with Crippen LogP contribution >= 0.6 is 0 Å². The zero-order chi connectivity index (χ0) is 13.0. The van der Waals surface area contributed by atoms with Crippen molar-refractivity contribution in [3.63, 3.8) is 0 Å². The second-order valence-corrected chi connectivity index (χ2v) is 4.87. The van der Waals surface area contributed by atoms with Crippen LogP contribution in [0.3, 0.4) is 0 Å². The SMILES string of the molecule is NC1CCCCC1OCC(F)(F)c1ccccc1. The molecular formula is C14H19F2NO. The maximum absolute atomic E-state index is 13.9. The van der Waals surface area contributed by atoms with Gasteiger partial charge in [-0.15, -0.1) is 0 Å². The molecule has 4 heteroatoms. The lowest BCUT2D eigenvalue weighted by atomic mass is 9.93. The van der Waals surface area contributed by atoms with Crippen molar-refractivity contribution < 1.29 is 13.5 Å². The minimum Gasteiger partial charge on any atom is -0.370 e. The van der Waals surface area contributed by atoms with Crippen LogP contribution in [0.15, 0.2) is 30.3 Å². The normalized spacial score (nSPS) is 25.1. The summed E-state index contributed by atoms with van der Waals surface area (Å²) in [6.45, 7) is -0.588. The van der Waals surface area contributed by atoms with Crippen molar-refractivity contribution in [3.05, 3.63) is 35.9 Å². The van der Waals surface area contributed by atoms with Crippen molar-refractivity contribution >= 4 is 0 Å². The number of nitrogens with two attached hydrogens (primary N) is 1. The largest absolute Gasteiger partial charge is 0.370 e. The molecule has 0 spiro atoms. The Morgan fingerprint density at radius 1 is 1.17 bits per heavy atom. The molecule has 0 amide bonds. The monoisotopic (exact) mass is 255 g/mol. The van der Waals surface area contributed by atoms with Gasteiger partial charge in [-0.2, -0.15) is 8.78 Å². The van der Waals surface area contributed by atoms with E-state index in [4.69, 9.17) is 10.5 Å². The average Bonchev–Trinajstić information content (AvgIpc) is 2.39. The summed E-state index contributed by atoms with van der Waals surface area (Å²) in [7, 11) is 0. The summed E-state index contributed by atoms with van der Waals surface area (Å²) in [6.07, 6.45) is 3.49. The Morgan fingerprint density at radius 2 is 1.83 bits per heavy atom. The van der Waals surface area contributed by atoms with Crippen LogP contribution in [-0.4, -0.2) is 18.8 Å². The van der Waals surface area contributed by atoms with Crippen molar-refractivity contribution in [1.29, 1.82) is 0 Å². The molecular weight excluding hydrogens is 236 g/mol. The molecule has 0 radical (unpaired) electrons. The maximum Gasteiger partial charge on any atom is 0.296 e. The Morgan fingerprint density at radius 3 is 2.50 bits per heavy atom. The summed E-state index contributed by atoms with van der Waals surface area (Å²) >= 11 is 0. The molecule has 100 valence electrons. The number of hydrogen-bond acceptors (Lipinski definition) is 2. The fourth-order valence-corrected chi connectivity index (χ4v) is 2.31. The third kappa shape index (κ3) is 3.27. The highest BCUT2D eigenvalue weighted by Crippen LogP contribution is 2.30. The van der Waals surface area contributed by atoms with Gasteiger partial charge in [0.2, 0.25) is 0 Å². The van der Waals surface area contributed by atoms with E-state index >= 15 is 0 Å². The van der Waals surface area contributed by atoms with Gasteiger partial charge in [0.1, 0.15) is 6.61 Å². The molecule has 2 unspecified atom stereocenters. The number of ether oxygens (including phenoxy) is 1. The van der Waals surface area contributed by atoms with Gasteiger partial charge in [0.05, 0.1) is 6.10 Å². The number of hydrogen-bond donors (Lipinski definition) is 1. The first kappa shape index (κ1) is 13.4. The van der Waals surface area contributed by atoms with Gasteiger partial charge in [0.25, 0.3) is 5.92 Å². The fourth-order valence-electron chi connectivity index (χ4n) is 2.31. The number of halogens is 2. The molecule has 1 fully saturated rings. The van der Waals surface area contributed by atoms with Crippen molar-refractivity contribution in [1.82, 2.24) is 0 Å². The van der Waals surface area contributed by atoms with Crippen LogP contribution < -0.4 is 5.73 Å². The highest BCUT2D eigenvalue weighted by atomic mass is 19.3. The van der Waals surface area contributed by atoms with Crippen molar-refractivity contribution in [3.8, 4) is 0 Å². The van der Waals surface area contributed by atoms with Crippen LogP contribution in [0.2, 0.25) is 0 Å². The second kappa shape index (κ2) is 5.76. The molecule has 1 aromatic rings. The lowest BCUT2D eigenvalue weighted by Gasteiger charge is -2.30. The molecule has 2 N–H and O–H groups in total. The molecule has 2 rings (SSSR count). The van der Waals surface area contributed by atoms with E-state index < -0.39 is 12.5 Å². The van der Waals surface area contributed by atoms with E-state index in [-0.39, 0.29) is 17.7 Å². The minimum absolute atomic E-state index is 0.00520. The van der Waals surface area contributed by atoms with E-state index in [1.54, 1.807) is 18.2 Å². The number of alkyl halides is 2. The van der Waals surface area contributed by atoms with Gasteiger partial charge in [0, 0.05) is 11.6 Å². The molecule has 0 aromatic heterocycles. The third-order valence-electron chi connectivity index (χ3n) is 3.43. The molecule has 0 heterocycles. The smallest absolute Gasteiger partial charge is 0.296 e. The minimum atomic E-state index is -2.95. The molecule has 1 aromatic carbocycles. The summed E-state index contributed by atoms with van der Waals surface area (Å²) in [5, 5.41) is 0. The fraction of sp³-hybridized carbons (Fsp3) is 0.571. The van der Waals surface area contributed by atoms with Crippen molar-refractivity contribution in [2.45, 2.75) is 43.8 Å². The summed E-state index contributed by atoms with van der Waals surface area (Å²) < 4.78 is 33.1. The van der Waals surface area contributed by atoms with Gasteiger partial charge >= 0.3 is 0 Å². The van der Waals surface area contributed by atoms with Gasteiger partial charge in [-0.05, 0) is 12.8 Å². The molecule has 0 bridgehead atoms. The van der Waals surface area contributed by atoms with E-state index in [2.05, 4.69) is 0 Å². The lowest BCUT2D eigenvalue weighted by molar-refractivity contribution is -0.114. The number of benzene rings is 1. The van der Waals surface area contributed by atoms with Crippen LogP contribution in [0.5, 0.6) is 0 Å². The van der Waals surface area contributed by atoms with E-state index in [9.17, 15) is 8.78 Å².